The maximum absolute atomic E-state index is 12.4. The van der Waals surface area contributed by atoms with E-state index in [2.05, 4.69) is 42.5 Å². The molecule has 1 aromatic carbocycles. The van der Waals surface area contributed by atoms with Crippen molar-refractivity contribution in [1.29, 1.82) is 0 Å². The Morgan fingerprint density at radius 2 is 2.04 bits per heavy atom. The average molecular weight is 431 g/mol. The van der Waals surface area contributed by atoms with Crippen LogP contribution in [0.5, 0.6) is 0 Å². The first-order valence-corrected chi connectivity index (χ1v) is 9.99. The van der Waals surface area contributed by atoms with Gasteiger partial charge in [0.2, 0.25) is 0 Å². The van der Waals surface area contributed by atoms with Gasteiger partial charge in [-0.25, -0.2) is 0 Å². The molecule has 2 aromatic heterocycles. The fraction of sp³-hybridized carbons (Fsp3) is 0.211. The van der Waals surface area contributed by atoms with E-state index in [1.165, 1.54) is 5.56 Å². The number of rotatable bonds is 6. The van der Waals surface area contributed by atoms with Crippen LogP contribution in [-0.2, 0) is 5.75 Å². The van der Waals surface area contributed by atoms with Crippen molar-refractivity contribution in [3.63, 3.8) is 0 Å². The first kappa shape index (κ1) is 18.7. The summed E-state index contributed by atoms with van der Waals surface area (Å²) in [5.74, 6) is 0.878. The van der Waals surface area contributed by atoms with Gasteiger partial charge in [-0.05, 0) is 57.7 Å². The molecular formula is C19H19BrN4OS. The average Bonchev–Trinajstić information content (AvgIpc) is 3.04. The molecule has 2 heterocycles. The predicted octanol–water partition coefficient (Wildman–Crippen LogP) is 5.24. The fourth-order valence-electron chi connectivity index (χ4n) is 2.35. The summed E-state index contributed by atoms with van der Waals surface area (Å²) >= 11 is 5.19. The number of carbonyl (C=O) groups excluding carboxylic acids is 1. The third-order valence-corrected chi connectivity index (χ3v) is 5.65. The first-order chi connectivity index (χ1) is 12.5. The largest absolute Gasteiger partial charge is 0.321 e. The Bertz CT molecular complexity index is 878. The molecule has 0 saturated heterocycles. The summed E-state index contributed by atoms with van der Waals surface area (Å²) < 4.78 is 0.716. The van der Waals surface area contributed by atoms with E-state index in [9.17, 15) is 4.79 Å². The molecule has 0 aliphatic heterocycles. The van der Waals surface area contributed by atoms with Crippen LogP contribution >= 0.6 is 27.7 Å². The van der Waals surface area contributed by atoms with Crippen LogP contribution in [0.3, 0.4) is 0 Å². The monoisotopic (exact) mass is 430 g/mol. The molecule has 0 saturated carbocycles. The molecule has 0 aliphatic carbocycles. The van der Waals surface area contributed by atoms with Gasteiger partial charge in [0.05, 0.1) is 10.2 Å². The molecule has 7 heteroatoms. The van der Waals surface area contributed by atoms with E-state index in [0.717, 1.165) is 22.0 Å². The van der Waals surface area contributed by atoms with Crippen LogP contribution in [0, 0.1) is 0 Å². The Balaban J connectivity index is 1.61. The van der Waals surface area contributed by atoms with Gasteiger partial charge in [0, 0.05) is 28.7 Å². The van der Waals surface area contributed by atoms with Gasteiger partial charge in [-0.2, -0.15) is 5.10 Å². The second-order valence-corrected chi connectivity index (χ2v) is 7.92. The molecule has 5 nitrogen and oxygen atoms in total. The smallest absolute Gasteiger partial charge is 0.277 e. The summed E-state index contributed by atoms with van der Waals surface area (Å²) in [6.45, 7) is 4.09. The van der Waals surface area contributed by atoms with Gasteiger partial charge >= 0.3 is 0 Å². The van der Waals surface area contributed by atoms with E-state index in [1.54, 1.807) is 18.0 Å². The lowest BCUT2D eigenvalue weighted by atomic mass is 10.1. The molecule has 0 radical (unpaired) electrons. The van der Waals surface area contributed by atoms with Crippen molar-refractivity contribution >= 4 is 39.3 Å². The number of anilines is 1. The number of thioether (sulfide) groups is 1. The van der Waals surface area contributed by atoms with Crippen LogP contribution in [0.1, 0.15) is 41.5 Å². The molecule has 0 unspecified atom stereocenters. The third kappa shape index (κ3) is 4.53. The number of hydrogen-bond acceptors (Lipinski definition) is 4. The summed E-state index contributed by atoms with van der Waals surface area (Å²) in [5.41, 5.74) is 3.20. The van der Waals surface area contributed by atoms with Crippen molar-refractivity contribution in [2.45, 2.75) is 30.4 Å². The van der Waals surface area contributed by atoms with Gasteiger partial charge in [-0.3, -0.25) is 14.9 Å². The molecule has 134 valence electrons. The summed E-state index contributed by atoms with van der Waals surface area (Å²) in [6, 6.07) is 11.8. The minimum Gasteiger partial charge on any atom is -0.321 e. The van der Waals surface area contributed by atoms with Gasteiger partial charge in [-0.15, -0.1) is 11.8 Å². The van der Waals surface area contributed by atoms with Crippen molar-refractivity contribution in [3.05, 3.63) is 70.2 Å². The molecule has 0 spiro atoms. The SMILES string of the molecule is CC(C)c1[nH]nc(C(=O)Nc2ccc(SCc3cccnc3)cc2)c1Br. The second-order valence-electron chi connectivity index (χ2n) is 6.08. The Kier molecular flexibility index (Phi) is 6.11. The Morgan fingerprint density at radius 1 is 1.27 bits per heavy atom. The lowest BCUT2D eigenvalue weighted by Gasteiger charge is -2.06. The molecule has 2 N–H and O–H groups in total. The summed E-state index contributed by atoms with van der Waals surface area (Å²) in [7, 11) is 0. The number of nitrogens with one attached hydrogen (secondary N) is 2. The molecule has 0 fully saturated rings. The molecule has 1 amide bonds. The summed E-state index contributed by atoms with van der Waals surface area (Å²) in [6.07, 6.45) is 3.64. The van der Waals surface area contributed by atoms with E-state index in [4.69, 9.17) is 0 Å². The van der Waals surface area contributed by atoms with Crippen LogP contribution < -0.4 is 5.32 Å². The van der Waals surface area contributed by atoms with Gasteiger partial charge in [-0.1, -0.05) is 19.9 Å². The molecule has 0 aliphatic rings. The normalized spacial score (nSPS) is 10.9. The standard InChI is InChI=1S/C19H19BrN4OS/c1-12(2)17-16(20)18(24-23-17)19(25)22-14-5-7-15(8-6-14)26-11-13-4-3-9-21-10-13/h3-10,12H,11H2,1-2H3,(H,22,25)(H,23,24). The zero-order valence-corrected chi connectivity index (χ0v) is 16.9. The Labute approximate surface area is 165 Å². The quantitative estimate of drug-likeness (QED) is 0.524. The summed E-state index contributed by atoms with van der Waals surface area (Å²) in [5, 5.41) is 9.92. The molecule has 0 atom stereocenters. The maximum atomic E-state index is 12.4. The molecule has 3 rings (SSSR count). The van der Waals surface area contributed by atoms with Crippen molar-refractivity contribution < 1.29 is 4.79 Å². The van der Waals surface area contributed by atoms with Crippen molar-refractivity contribution in [1.82, 2.24) is 15.2 Å². The summed E-state index contributed by atoms with van der Waals surface area (Å²) in [4.78, 5) is 17.7. The van der Waals surface area contributed by atoms with Gasteiger partial charge in [0.15, 0.2) is 5.69 Å². The van der Waals surface area contributed by atoms with Crippen LogP contribution in [0.4, 0.5) is 5.69 Å². The minimum absolute atomic E-state index is 0.240. The number of aromatic nitrogens is 3. The number of hydrogen-bond donors (Lipinski definition) is 2. The second kappa shape index (κ2) is 8.51. The lowest BCUT2D eigenvalue weighted by Crippen LogP contribution is -2.13. The van der Waals surface area contributed by atoms with E-state index in [1.807, 2.05) is 50.4 Å². The fourth-order valence-corrected chi connectivity index (χ4v) is 4.00. The van der Waals surface area contributed by atoms with Crippen molar-refractivity contribution in [3.8, 4) is 0 Å². The van der Waals surface area contributed by atoms with Crippen LogP contribution in [0.15, 0.2) is 58.2 Å². The van der Waals surface area contributed by atoms with Crippen LogP contribution in [0.25, 0.3) is 0 Å². The van der Waals surface area contributed by atoms with Gasteiger partial charge in [0.1, 0.15) is 0 Å². The predicted molar refractivity (Wildman–Crippen MR) is 109 cm³/mol. The number of H-pyrrole nitrogens is 1. The van der Waals surface area contributed by atoms with Gasteiger partial charge in [0.25, 0.3) is 5.91 Å². The highest BCUT2D eigenvalue weighted by Gasteiger charge is 2.19. The Hall–Kier alpha value is -2.12. The number of halogens is 1. The van der Waals surface area contributed by atoms with Crippen LogP contribution in [0.2, 0.25) is 0 Å². The zero-order chi connectivity index (χ0) is 18.5. The first-order valence-electron chi connectivity index (χ1n) is 8.21. The Morgan fingerprint density at radius 3 is 2.65 bits per heavy atom. The van der Waals surface area contributed by atoms with Crippen molar-refractivity contribution in [2.24, 2.45) is 0 Å². The number of carbonyl (C=O) groups is 1. The van der Waals surface area contributed by atoms with E-state index >= 15 is 0 Å². The van der Waals surface area contributed by atoms with Gasteiger partial charge < -0.3 is 5.32 Å². The van der Waals surface area contributed by atoms with Crippen LogP contribution in [-0.4, -0.2) is 21.1 Å². The number of aromatic amines is 1. The number of nitrogens with zero attached hydrogens (tertiary/aromatic N) is 2. The maximum Gasteiger partial charge on any atom is 0.277 e. The molecule has 0 bridgehead atoms. The third-order valence-electron chi connectivity index (χ3n) is 3.77. The highest BCUT2D eigenvalue weighted by Crippen LogP contribution is 2.27. The molecular weight excluding hydrogens is 412 g/mol. The lowest BCUT2D eigenvalue weighted by molar-refractivity contribution is 0.102. The molecule has 3 aromatic rings. The minimum atomic E-state index is -0.240. The van der Waals surface area contributed by atoms with Crippen molar-refractivity contribution in [2.75, 3.05) is 5.32 Å². The highest BCUT2D eigenvalue weighted by molar-refractivity contribution is 9.10. The topological polar surface area (TPSA) is 70.7 Å². The highest BCUT2D eigenvalue weighted by atomic mass is 79.9. The van der Waals surface area contributed by atoms with E-state index < -0.39 is 0 Å². The molecule has 26 heavy (non-hydrogen) atoms. The van der Waals surface area contributed by atoms with E-state index in [0.29, 0.717) is 10.2 Å². The number of amides is 1. The van der Waals surface area contributed by atoms with E-state index in [-0.39, 0.29) is 11.8 Å². The zero-order valence-electron chi connectivity index (χ0n) is 14.5. The number of benzene rings is 1. The number of pyridine rings is 1.